The second-order valence-corrected chi connectivity index (χ2v) is 2.89. The zero-order chi connectivity index (χ0) is 9.14. The van der Waals surface area contributed by atoms with E-state index in [9.17, 15) is 9.18 Å². The molecule has 0 amide bonds. The van der Waals surface area contributed by atoms with E-state index in [0.29, 0.717) is 16.5 Å². The van der Waals surface area contributed by atoms with Gasteiger partial charge in [-0.1, -0.05) is 0 Å². The molecule has 64 valence electrons. The summed E-state index contributed by atoms with van der Waals surface area (Å²) >= 11 is 3.06. The Labute approximate surface area is 77.5 Å². The minimum Gasteiger partial charge on any atom is -0.496 e. The molecular weight excluding hydrogens is 227 g/mol. The van der Waals surface area contributed by atoms with Crippen LogP contribution in [0.4, 0.5) is 4.39 Å². The van der Waals surface area contributed by atoms with Gasteiger partial charge in [0.2, 0.25) is 0 Å². The van der Waals surface area contributed by atoms with Gasteiger partial charge in [-0.25, -0.2) is 4.39 Å². The number of aldehydes is 1. The Balaban J connectivity index is 3.33. The van der Waals surface area contributed by atoms with Gasteiger partial charge in [0.25, 0.3) is 0 Å². The van der Waals surface area contributed by atoms with Gasteiger partial charge in [-0.15, -0.1) is 0 Å². The Hall–Kier alpha value is -0.900. The third-order valence-electron chi connectivity index (χ3n) is 1.43. The first kappa shape index (κ1) is 9.19. The van der Waals surface area contributed by atoms with Gasteiger partial charge in [0.1, 0.15) is 11.6 Å². The fourth-order valence-corrected chi connectivity index (χ4v) is 1.39. The summed E-state index contributed by atoms with van der Waals surface area (Å²) < 4.78 is 18.1. The van der Waals surface area contributed by atoms with Crippen LogP contribution in [0.1, 0.15) is 10.4 Å². The van der Waals surface area contributed by atoms with Crippen LogP contribution in [-0.4, -0.2) is 13.4 Å². The summed E-state index contributed by atoms with van der Waals surface area (Å²) in [5.74, 6) is -0.115. The van der Waals surface area contributed by atoms with Gasteiger partial charge < -0.3 is 4.74 Å². The van der Waals surface area contributed by atoms with Crippen LogP contribution in [0.5, 0.6) is 5.75 Å². The molecule has 0 fully saturated rings. The predicted octanol–water partition coefficient (Wildman–Crippen LogP) is 2.41. The van der Waals surface area contributed by atoms with E-state index >= 15 is 0 Å². The minimum atomic E-state index is -0.558. The van der Waals surface area contributed by atoms with Crippen molar-refractivity contribution < 1.29 is 13.9 Å². The first-order chi connectivity index (χ1) is 5.70. The molecule has 2 nitrogen and oxygen atoms in total. The van der Waals surface area contributed by atoms with Crippen LogP contribution >= 0.6 is 15.9 Å². The van der Waals surface area contributed by atoms with Gasteiger partial charge >= 0.3 is 0 Å². The van der Waals surface area contributed by atoms with Crippen molar-refractivity contribution in [3.8, 4) is 5.75 Å². The molecule has 0 saturated heterocycles. The number of hydrogen-bond acceptors (Lipinski definition) is 2. The summed E-state index contributed by atoms with van der Waals surface area (Å²) in [6, 6.07) is 2.64. The maximum atomic E-state index is 12.9. The molecule has 0 aromatic heterocycles. The van der Waals surface area contributed by atoms with Crippen LogP contribution in [-0.2, 0) is 0 Å². The van der Waals surface area contributed by atoms with Gasteiger partial charge in [0.15, 0.2) is 6.29 Å². The fourth-order valence-electron chi connectivity index (χ4n) is 0.815. The molecule has 0 unspecified atom stereocenters. The van der Waals surface area contributed by atoms with Crippen LogP contribution in [0.3, 0.4) is 0 Å². The fraction of sp³-hybridized carbons (Fsp3) is 0.125. The zero-order valence-corrected chi connectivity index (χ0v) is 7.89. The molecule has 0 radical (unpaired) electrons. The number of hydrogen-bond donors (Lipinski definition) is 0. The first-order valence-electron chi connectivity index (χ1n) is 3.18. The molecule has 0 saturated carbocycles. The van der Waals surface area contributed by atoms with E-state index < -0.39 is 5.82 Å². The summed E-state index contributed by atoms with van der Waals surface area (Å²) in [4.78, 5) is 10.4. The maximum absolute atomic E-state index is 12.9. The first-order valence-corrected chi connectivity index (χ1v) is 3.97. The quantitative estimate of drug-likeness (QED) is 0.733. The molecular formula is C8H6BrFO2. The SMILES string of the molecule is COc1ccc(F)c(C=O)c1Br. The van der Waals surface area contributed by atoms with Crippen LogP contribution < -0.4 is 4.74 Å². The molecule has 1 rings (SSSR count). The van der Waals surface area contributed by atoms with Crippen molar-refractivity contribution in [2.75, 3.05) is 7.11 Å². The lowest BCUT2D eigenvalue weighted by Gasteiger charge is -2.04. The number of carbonyl (C=O) groups excluding carboxylic acids is 1. The highest BCUT2D eigenvalue weighted by atomic mass is 79.9. The Kier molecular flexibility index (Phi) is 2.81. The van der Waals surface area contributed by atoms with Gasteiger partial charge in [-0.3, -0.25) is 4.79 Å². The van der Waals surface area contributed by atoms with Gasteiger partial charge in [-0.05, 0) is 28.1 Å². The van der Waals surface area contributed by atoms with Crippen LogP contribution in [0.2, 0.25) is 0 Å². The number of benzene rings is 1. The summed E-state index contributed by atoms with van der Waals surface area (Å²) in [6.07, 6.45) is 0.446. The van der Waals surface area contributed by atoms with Gasteiger partial charge in [-0.2, -0.15) is 0 Å². The molecule has 0 aliphatic rings. The van der Waals surface area contributed by atoms with Crippen molar-refractivity contribution in [1.82, 2.24) is 0 Å². The topological polar surface area (TPSA) is 26.3 Å². The summed E-state index contributed by atoms with van der Waals surface area (Å²) in [5, 5.41) is 0. The van der Waals surface area contributed by atoms with Crippen LogP contribution in [0.15, 0.2) is 16.6 Å². The Morgan fingerprint density at radius 2 is 2.25 bits per heavy atom. The standard InChI is InChI=1S/C8H6BrFO2/c1-12-7-3-2-6(10)5(4-11)8(7)9/h2-4H,1H3. The predicted molar refractivity (Wildman–Crippen MR) is 46.0 cm³/mol. The third kappa shape index (κ3) is 1.48. The minimum absolute atomic E-state index is 0.0191. The lowest BCUT2D eigenvalue weighted by Crippen LogP contribution is -1.93. The van der Waals surface area contributed by atoms with E-state index in [4.69, 9.17) is 4.74 Å². The molecule has 0 aliphatic heterocycles. The average molecular weight is 233 g/mol. The molecule has 0 bridgehead atoms. The van der Waals surface area contributed by atoms with E-state index in [0.717, 1.165) is 0 Å². The highest BCUT2D eigenvalue weighted by Crippen LogP contribution is 2.28. The van der Waals surface area contributed by atoms with Crippen molar-refractivity contribution in [3.63, 3.8) is 0 Å². The van der Waals surface area contributed by atoms with E-state index in [1.165, 1.54) is 19.2 Å². The van der Waals surface area contributed by atoms with E-state index in [-0.39, 0.29) is 5.56 Å². The van der Waals surface area contributed by atoms with E-state index in [1.54, 1.807) is 0 Å². The monoisotopic (exact) mass is 232 g/mol. The third-order valence-corrected chi connectivity index (χ3v) is 2.25. The molecule has 12 heavy (non-hydrogen) atoms. The molecule has 0 aliphatic carbocycles. The molecule has 0 N–H and O–H groups in total. The highest BCUT2D eigenvalue weighted by Gasteiger charge is 2.10. The van der Waals surface area contributed by atoms with Crippen LogP contribution in [0, 0.1) is 5.82 Å². The largest absolute Gasteiger partial charge is 0.496 e. The van der Waals surface area contributed by atoms with Crippen molar-refractivity contribution in [3.05, 3.63) is 28.0 Å². The molecule has 0 atom stereocenters. The molecule has 0 spiro atoms. The normalized spacial score (nSPS) is 9.58. The van der Waals surface area contributed by atoms with Gasteiger partial charge in [0.05, 0.1) is 17.1 Å². The number of rotatable bonds is 2. The van der Waals surface area contributed by atoms with Crippen LogP contribution in [0.25, 0.3) is 0 Å². The Bertz CT molecular complexity index is 312. The number of methoxy groups -OCH3 is 1. The Morgan fingerprint density at radius 1 is 1.58 bits per heavy atom. The lowest BCUT2D eigenvalue weighted by molar-refractivity contribution is 0.111. The second-order valence-electron chi connectivity index (χ2n) is 2.10. The number of ether oxygens (including phenoxy) is 1. The average Bonchev–Trinajstić information content (AvgIpc) is 2.06. The number of halogens is 2. The molecule has 4 heteroatoms. The smallest absolute Gasteiger partial charge is 0.154 e. The Morgan fingerprint density at radius 3 is 2.75 bits per heavy atom. The highest BCUT2D eigenvalue weighted by molar-refractivity contribution is 9.10. The lowest BCUT2D eigenvalue weighted by atomic mass is 10.2. The maximum Gasteiger partial charge on any atom is 0.154 e. The van der Waals surface area contributed by atoms with Crippen molar-refractivity contribution >= 4 is 22.2 Å². The second kappa shape index (κ2) is 3.67. The summed E-state index contributed by atoms with van der Waals surface area (Å²) in [5.41, 5.74) is -0.0191. The number of carbonyl (C=O) groups is 1. The van der Waals surface area contributed by atoms with E-state index in [2.05, 4.69) is 15.9 Å². The molecule has 1 aromatic rings. The van der Waals surface area contributed by atoms with Crippen molar-refractivity contribution in [2.24, 2.45) is 0 Å². The van der Waals surface area contributed by atoms with E-state index in [1.807, 2.05) is 0 Å². The van der Waals surface area contributed by atoms with Gasteiger partial charge in [0, 0.05) is 0 Å². The zero-order valence-electron chi connectivity index (χ0n) is 6.30. The molecule has 0 heterocycles. The summed E-state index contributed by atoms with van der Waals surface area (Å²) in [7, 11) is 1.45. The van der Waals surface area contributed by atoms with Crippen molar-refractivity contribution in [2.45, 2.75) is 0 Å². The molecule has 1 aromatic carbocycles. The van der Waals surface area contributed by atoms with Crippen molar-refractivity contribution in [1.29, 1.82) is 0 Å². The summed E-state index contributed by atoms with van der Waals surface area (Å²) in [6.45, 7) is 0.